The summed E-state index contributed by atoms with van der Waals surface area (Å²) < 4.78 is 10.9. The molecule has 1 aliphatic heterocycles. The minimum atomic E-state index is 0.855. The Balaban J connectivity index is 1.44. The van der Waals surface area contributed by atoms with Gasteiger partial charge >= 0.3 is 0 Å². The van der Waals surface area contributed by atoms with E-state index in [0.717, 1.165) is 80.8 Å². The summed E-state index contributed by atoms with van der Waals surface area (Å²) in [5.41, 5.74) is 2.27. The first kappa shape index (κ1) is 22.4. The molecule has 2 aromatic rings. The topological polar surface area (TPSA) is 62.2 Å². The molecule has 1 aliphatic rings. The van der Waals surface area contributed by atoms with Gasteiger partial charge in [0.2, 0.25) is 0 Å². The number of aryl methyl sites for hydroxylation is 2. The van der Waals surface area contributed by atoms with Crippen LogP contribution in [0.3, 0.4) is 0 Å². The first-order valence-electron chi connectivity index (χ1n) is 10.4. The van der Waals surface area contributed by atoms with Crippen molar-refractivity contribution in [3.8, 4) is 11.5 Å². The van der Waals surface area contributed by atoms with Crippen molar-refractivity contribution < 1.29 is 9.47 Å². The summed E-state index contributed by atoms with van der Waals surface area (Å²) in [6.45, 7) is 7.69. The molecular formula is C22H33N5O2S. The monoisotopic (exact) mass is 431 g/mol. The van der Waals surface area contributed by atoms with Crippen LogP contribution in [0.15, 0.2) is 28.6 Å². The van der Waals surface area contributed by atoms with Gasteiger partial charge < -0.3 is 19.7 Å². The number of methoxy groups -OCH3 is 2. The van der Waals surface area contributed by atoms with E-state index in [0.29, 0.717) is 0 Å². The second kappa shape index (κ2) is 11.2. The van der Waals surface area contributed by atoms with Crippen molar-refractivity contribution in [2.45, 2.75) is 26.3 Å². The summed E-state index contributed by atoms with van der Waals surface area (Å²) in [6.07, 6.45) is 2.07. The first-order chi connectivity index (χ1) is 14.6. The molecule has 0 saturated carbocycles. The number of piperazine rings is 1. The summed E-state index contributed by atoms with van der Waals surface area (Å²) in [5.74, 6) is 2.76. The normalized spacial score (nSPS) is 15.3. The SMILES string of the molecule is CN=C(NCCCc1nc(C)cs1)N1CCN(Cc2cc(OC)ccc2OC)CC1. The maximum Gasteiger partial charge on any atom is 0.193 e. The summed E-state index contributed by atoms with van der Waals surface area (Å²) >= 11 is 1.75. The molecule has 1 saturated heterocycles. The fourth-order valence-corrected chi connectivity index (χ4v) is 4.47. The van der Waals surface area contributed by atoms with E-state index in [9.17, 15) is 0 Å². The van der Waals surface area contributed by atoms with Crippen LogP contribution in [-0.2, 0) is 13.0 Å². The quantitative estimate of drug-likeness (QED) is 0.394. The molecule has 1 N–H and O–H groups in total. The van der Waals surface area contributed by atoms with Gasteiger partial charge in [-0.1, -0.05) is 0 Å². The lowest BCUT2D eigenvalue weighted by Crippen LogP contribution is -2.52. The van der Waals surface area contributed by atoms with Gasteiger partial charge in [-0.25, -0.2) is 4.98 Å². The van der Waals surface area contributed by atoms with Crippen LogP contribution < -0.4 is 14.8 Å². The van der Waals surface area contributed by atoms with Crippen LogP contribution in [-0.4, -0.2) is 74.7 Å². The molecular weight excluding hydrogens is 398 g/mol. The van der Waals surface area contributed by atoms with Crippen LogP contribution >= 0.6 is 11.3 Å². The molecule has 1 aromatic carbocycles. The average molecular weight is 432 g/mol. The maximum absolute atomic E-state index is 5.53. The molecule has 0 atom stereocenters. The highest BCUT2D eigenvalue weighted by atomic mass is 32.1. The lowest BCUT2D eigenvalue weighted by molar-refractivity contribution is 0.171. The van der Waals surface area contributed by atoms with Crippen molar-refractivity contribution in [2.75, 3.05) is 54.0 Å². The molecule has 1 fully saturated rings. The van der Waals surface area contributed by atoms with E-state index >= 15 is 0 Å². The van der Waals surface area contributed by atoms with Gasteiger partial charge in [-0.05, 0) is 31.5 Å². The number of hydrogen-bond donors (Lipinski definition) is 1. The molecule has 0 unspecified atom stereocenters. The van der Waals surface area contributed by atoms with Gasteiger partial charge in [0.25, 0.3) is 0 Å². The number of nitrogens with zero attached hydrogens (tertiary/aromatic N) is 4. The standard InChI is InChI=1S/C22H33N5O2S/c1-17-16-30-21(25-17)6-5-9-24-22(23-2)27-12-10-26(11-13-27)15-18-14-19(28-3)7-8-20(18)29-4/h7-8,14,16H,5-6,9-13,15H2,1-4H3,(H,23,24). The molecule has 8 heteroatoms. The Hall–Kier alpha value is -2.32. The zero-order valence-corrected chi connectivity index (χ0v) is 19.3. The third-order valence-electron chi connectivity index (χ3n) is 5.28. The molecule has 0 spiro atoms. The largest absolute Gasteiger partial charge is 0.497 e. The third-order valence-corrected chi connectivity index (χ3v) is 6.31. The van der Waals surface area contributed by atoms with E-state index in [-0.39, 0.29) is 0 Å². The fourth-order valence-electron chi connectivity index (χ4n) is 3.65. The second-order valence-electron chi connectivity index (χ2n) is 7.40. The van der Waals surface area contributed by atoms with E-state index in [2.05, 4.69) is 36.5 Å². The Morgan fingerprint density at radius 1 is 1.20 bits per heavy atom. The average Bonchev–Trinajstić information content (AvgIpc) is 3.19. The summed E-state index contributed by atoms with van der Waals surface area (Å²) in [6, 6.07) is 5.98. The number of benzene rings is 1. The molecule has 7 nitrogen and oxygen atoms in total. The number of aromatic nitrogens is 1. The van der Waals surface area contributed by atoms with Crippen LogP contribution in [0.1, 0.15) is 22.7 Å². The second-order valence-corrected chi connectivity index (χ2v) is 8.34. The van der Waals surface area contributed by atoms with E-state index in [1.54, 1.807) is 25.6 Å². The zero-order chi connectivity index (χ0) is 21.3. The smallest absolute Gasteiger partial charge is 0.193 e. The maximum atomic E-state index is 5.53. The fraction of sp³-hybridized carbons (Fsp3) is 0.545. The summed E-state index contributed by atoms with van der Waals surface area (Å²) in [7, 11) is 5.27. The van der Waals surface area contributed by atoms with Crippen molar-refractivity contribution in [3.05, 3.63) is 39.8 Å². The van der Waals surface area contributed by atoms with E-state index < -0.39 is 0 Å². The number of aliphatic imine (C=N–C) groups is 1. The van der Waals surface area contributed by atoms with Crippen molar-refractivity contribution in [2.24, 2.45) is 4.99 Å². The minimum absolute atomic E-state index is 0.855. The van der Waals surface area contributed by atoms with Crippen LogP contribution in [0.25, 0.3) is 0 Å². The van der Waals surface area contributed by atoms with Crippen LogP contribution in [0.4, 0.5) is 0 Å². The van der Waals surface area contributed by atoms with Crippen LogP contribution in [0.5, 0.6) is 11.5 Å². The Bertz CT molecular complexity index is 831. The van der Waals surface area contributed by atoms with Crippen molar-refractivity contribution >= 4 is 17.3 Å². The number of thiazole rings is 1. The van der Waals surface area contributed by atoms with E-state index in [4.69, 9.17) is 9.47 Å². The highest BCUT2D eigenvalue weighted by molar-refractivity contribution is 7.09. The predicted molar refractivity (Wildman–Crippen MR) is 123 cm³/mol. The molecule has 1 aromatic heterocycles. The number of guanidine groups is 1. The van der Waals surface area contributed by atoms with Crippen LogP contribution in [0, 0.1) is 6.92 Å². The molecule has 164 valence electrons. The van der Waals surface area contributed by atoms with Crippen LogP contribution in [0.2, 0.25) is 0 Å². The Morgan fingerprint density at radius 3 is 2.63 bits per heavy atom. The van der Waals surface area contributed by atoms with Crippen molar-refractivity contribution in [3.63, 3.8) is 0 Å². The Morgan fingerprint density at radius 2 is 2.00 bits per heavy atom. The lowest BCUT2D eigenvalue weighted by atomic mass is 10.1. The minimum Gasteiger partial charge on any atom is -0.497 e. The predicted octanol–water partition coefficient (Wildman–Crippen LogP) is 2.79. The molecule has 0 radical (unpaired) electrons. The third kappa shape index (κ3) is 6.09. The number of ether oxygens (including phenoxy) is 2. The zero-order valence-electron chi connectivity index (χ0n) is 18.5. The number of rotatable bonds is 8. The Labute approximate surface area is 183 Å². The Kier molecular flexibility index (Phi) is 8.33. The molecule has 3 rings (SSSR count). The molecule has 2 heterocycles. The number of hydrogen-bond acceptors (Lipinski definition) is 6. The van der Waals surface area contributed by atoms with Gasteiger partial charge in [-0.15, -0.1) is 11.3 Å². The summed E-state index contributed by atoms with van der Waals surface area (Å²) in [4.78, 5) is 13.8. The van der Waals surface area contributed by atoms with Gasteiger partial charge in [0, 0.05) is 69.4 Å². The first-order valence-corrected chi connectivity index (χ1v) is 11.3. The molecule has 0 amide bonds. The van der Waals surface area contributed by atoms with Crippen molar-refractivity contribution in [1.82, 2.24) is 20.1 Å². The van der Waals surface area contributed by atoms with E-state index in [1.165, 1.54) is 5.01 Å². The highest BCUT2D eigenvalue weighted by Crippen LogP contribution is 2.25. The van der Waals surface area contributed by atoms with Gasteiger partial charge in [0.05, 0.1) is 19.2 Å². The van der Waals surface area contributed by atoms with Gasteiger partial charge in [0.1, 0.15) is 11.5 Å². The number of nitrogens with one attached hydrogen (secondary N) is 1. The molecule has 0 bridgehead atoms. The highest BCUT2D eigenvalue weighted by Gasteiger charge is 2.20. The summed E-state index contributed by atoms with van der Waals surface area (Å²) in [5, 5.41) is 6.84. The molecule has 0 aliphatic carbocycles. The van der Waals surface area contributed by atoms with E-state index in [1.807, 2.05) is 26.1 Å². The van der Waals surface area contributed by atoms with Crippen molar-refractivity contribution in [1.29, 1.82) is 0 Å². The lowest BCUT2D eigenvalue weighted by Gasteiger charge is -2.36. The van der Waals surface area contributed by atoms with Gasteiger partial charge in [-0.3, -0.25) is 9.89 Å². The molecule has 30 heavy (non-hydrogen) atoms. The van der Waals surface area contributed by atoms with Gasteiger partial charge in [0.15, 0.2) is 5.96 Å². The van der Waals surface area contributed by atoms with Gasteiger partial charge in [-0.2, -0.15) is 0 Å².